The van der Waals surface area contributed by atoms with Crippen LogP contribution in [0.2, 0.25) is 0 Å². The van der Waals surface area contributed by atoms with Crippen molar-refractivity contribution in [1.29, 1.82) is 0 Å². The summed E-state index contributed by atoms with van der Waals surface area (Å²) in [7, 11) is 0. The van der Waals surface area contributed by atoms with Crippen LogP contribution >= 0.6 is 11.3 Å². The molecule has 0 atom stereocenters. The van der Waals surface area contributed by atoms with E-state index in [1.54, 1.807) is 11.3 Å². The molecule has 1 aliphatic heterocycles. The number of thiazole rings is 1. The van der Waals surface area contributed by atoms with Gasteiger partial charge in [0.15, 0.2) is 0 Å². The molecule has 1 aromatic heterocycles. The fourth-order valence-corrected chi connectivity index (χ4v) is 3.20. The Morgan fingerprint density at radius 3 is 2.90 bits per heavy atom. The minimum absolute atomic E-state index is 0.111. The van der Waals surface area contributed by atoms with E-state index < -0.39 is 5.54 Å². The number of amides is 1. The van der Waals surface area contributed by atoms with Gasteiger partial charge in [0.2, 0.25) is 5.91 Å². The number of hydrogen-bond donors (Lipinski definition) is 2. The third-order valence-corrected chi connectivity index (χ3v) is 4.61. The largest absolute Gasteiger partial charge is 0.381 e. The Bertz CT molecular complexity index is 587. The van der Waals surface area contributed by atoms with E-state index in [0.29, 0.717) is 32.6 Å². The zero-order chi connectivity index (χ0) is 14.0. The molecule has 106 valence electrons. The van der Waals surface area contributed by atoms with Gasteiger partial charge in [-0.2, -0.15) is 0 Å². The summed E-state index contributed by atoms with van der Waals surface area (Å²) in [6.07, 6.45) is 1.14. The summed E-state index contributed by atoms with van der Waals surface area (Å²) in [5.41, 5.74) is 6.30. The smallest absolute Gasteiger partial charge is 0.240 e. The molecule has 1 amide bonds. The lowest BCUT2D eigenvalue weighted by atomic mass is 9.90. The molecule has 0 unspecified atom stereocenters. The molecule has 3 rings (SSSR count). The quantitative estimate of drug-likeness (QED) is 0.896. The fraction of sp³-hybridized carbons (Fsp3) is 0.429. The molecule has 0 saturated carbocycles. The first-order valence-corrected chi connectivity index (χ1v) is 7.48. The van der Waals surface area contributed by atoms with Gasteiger partial charge in [-0.05, 0) is 25.0 Å². The molecule has 1 aromatic carbocycles. The highest BCUT2D eigenvalue weighted by Crippen LogP contribution is 2.22. The maximum absolute atomic E-state index is 12.2. The van der Waals surface area contributed by atoms with E-state index in [9.17, 15) is 4.79 Å². The minimum Gasteiger partial charge on any atom is -0.381 e. The van der Waals surface area contributed by atoms with Crippen LogP contribution in [0.3, 0.4) is 0 Å². The van der Waals surface area contributed by atoms with Crippen molar-refractivity contribution >= 4 is 27.5 Å². The number of hydrogen-bond acceptors (Lipinski definition) is 5. The number of benzene rings is 1. The molecule has 3 N–H and O–H groups in total. The number of carbonyl (C=O) groups is 1. The molecule has 1 fully saturated rings. The molecule has 0 radical (unpaired) electrons. The monoisotopic (exact) mass is 291 g/mol. The van der Waals surface area contributed by atoms with Crippen LogP contribution in [-0.2, 0) is 16.1 Å². The summed E-state index contributed by atoms with van der Waals surface area (Å²) in [5, 5.41) is 3.80. The van der Waals surface area contributed by atoms with Crippen LogP contribution in [0.5, 0.6) is 0 Å². The summed E-state index contributed by atoms with van der Waals surface area (Å²) < 4.78 is 6.38. The summed E-state index contributed by atoms with van der Waals surface area (Å²) in [6, 6.07) is 7.95. The third-order valence-electron chi connectivity index (χ3n) is 3.58. The van der Waals surface area contributed by atoms with Gasteiger partial charge >= 0.3 is 0 Å². The molecule has 5 nitrogen and oxygen atoms in total. The van der Waals surface area contributed by atoms with Crippen molar-refractivity contribution in [3.63, 3.8) is 0 Å². The van der Waals surface area contributed by atoms with Crippen LogP contribution < -0.4 is 11.1 Å². The van der Waals surface area contributed by atoms with Crippen LogP contribution in [-0.4, -0.2) is 29.6 Å². The zero-order valence-corrected chi connectivity index (χ0v) is 11.9. The number of fused-ring (bicyclic) bond motifs is 1. The van der Waals surface area contributed by atoms with Crippen LogP contribution in [0, 0.1) is 0 Å². The summed E-state index contributed by atoms with van der Waals surface area (Å²) in [4.78, 5) is 16.7. The normalized spacial score (nSPS) is 18.1. The van der Waals surface area contributed by atoms with Crippen LogP contribution in [0.4, 0.5) is 0 Å². The molecule has 6 heteroatoms. The molecule has 0 spiro atoms. The van der Waals surface area contributed by atoms with E-state index in [4.69, 9.17) is 10.5 Å². The first-order valence-electron chi connectivity index (χ1n) is 6.67. The lowest BCUT2D eigenvalue weighted by Gasteiger charge is -2.31. The van der Waals surface area contributed by atoms with Crippen molar-refractivity contribution in [1.82, 2.24) is 10.3 Å². The Morgan fingerprint density at radius 2 is 2.15 bits per heavy atom. The van der Waals surface area contributed by atoms with E-state index in [0.717, 1.165) is 15.2 Å². The van der Waals surface area contributed by atoms with Gasteiger partial charge in [0.05, 0.1) is 22.3 Å². The number of para-hydroxylation sites is 1. The minimum atomic E-state index is -0.797. The number of nitrogens with one attached hydrogen (secondary N) is 1. The Kier molecular flexibility index (Phi) is 3.69. The van der Waals surface area contributed by atoms with E-state index in [2.05, 4.69) is 10.3 Å². The highest BCUT2D eigenvalue weighted by Gasteiger charge is 2.35. The average molecular weight is 291 g/mol. The SMILES string of the molecule is NC1(C(=O)NCc2nc3ccccc3s2)CCOCC1. The second-order valence-corrected chi connectivity index (χ2v) is 6.14. The summed E-state index contributed by atoms with van der Waals surface area (Å²) >= 11 is 1.59. The standard InChI is InChI=1S/C14H17N3O2S/c15-14(5-7-19-8-6-14)13(18)16-9-12-17-10-3-1-2-4-11(10)20-12/h1-4H,5-9,15H2,(H,16,18). The molecule has 2 heterocycles. The lowest BCUT2D eigenvalue weighted by Crippen LogP contribution is -2.56. The van der Waals surface area contributed by atoms with Crippen molar-refractivity contribution < 1.29 is 9.53 Å². The predicted octanol–water partition coefficient (Wildman–Crippen LogP) is 1.42. The number of aromatic nitrogens is 1. The average Bonchev–Trinajstić information content (AvgIpc) is 2.88. The van der Waals surface area contributed by atoms with Gasteiger partial charge in [-0.15, -0.1) is 11.3 Å². The van der Waals surface area contributed by atoms with E-state index >= 15 is 0 Å². The Morgan fingerprint density at radius 1 is 1.40 bits per heavy atom. The first kappa shape index (κ1) is 13.5. The van der Waals surface area contributed by atoms with Crippen LogP contribution in [0.25, 0.3) is 10.2 Å². The van der Waals surface area contributed by atoms with Crippen molar-refractivity contribution in [2.24, 2.45) is 5.73 Å². The zero-order valence-electron chi connectivity index (χ0n) is 11.1. The molecule has 1 aliphatic rings. The number of nitrogens with two attached hydrogens (primary N) is 1. The van der Waals surface area contributed by atoms with Crippen LogP contribution in [0.1, 0.15) is 17.8 Å². The number of nitrogens with zero attached hydrogens (tertiary/aromatic N) is 1. The van der Waals surface area contributed by atoms with Gasteiger partial charge in [0.1, 0.15) is 5.01 Å². The van der Waals surface area contributed by atoms with Gasteiger partial charge in [-0.25, -0.2) is 4.98 Å². The second kappa shape index (κ2) is 5.47. The molecular weight excluding hydrogens is 274 g/mol. The first-order chi connectivity index (χ1) is 9.67. The highest BCUT2D eigenvalue weighted by atomic mass is 32.1. The number of carbonyl (C=O) groups excluding carboxylic acids is 1. The molecular formula is C14H17N3O2S. The topological polar surface area (TPSA) is 77.2 Å². The molecule has 20 heavy (non-hydrogen) atoms. The van der Waals surface area contributed by atoms with Crippen molar-refractivity contribution in [3.8, 4) is 0 Å². The number of rotatable bonds is 3. The molecule has 1 saturated heterocycles. The van der Waals surface area contributed by atoms with Crippen LogP contribution in [0.15, 0.2) is 24.3 Å². The van der Waals surface area contributed by atoms with Gasteiger partial charge < -0.3 is 15.8 Å². The molecule has 2 aromatic rings. The number of ether oxygens (including phenoxy) is 1. The van der Waals surface area contributed by atoms with Crippen molar-refractivity contribution in [2.45, 2.75) is 24.9 Å². The van der Waals surface area contributed by atoms with Gasteiger partial charge in [0.25, 0.3) is 0 Å². The van der Waals surface area contributed by atoms with E-state index in [1.165, 1.54) is 0 Å². The molecule has 0 aliphatic carbocycles. The van der Waals surface area contributed by atoms with Crippen molar-refractivity contribution in [2.75, 3.05) is 13.2 Å². The summed E-state index contributed by atoms with van der Waals surface area (Å²) in [6.45, 7) is 1.52. The Balaban J connectivity index is 1.65. The summed E-state index contributed by atoms with van der Waals surface area (Å²) in [5.74, 6) is -0.111. The lowest BCUT2D eigenvalue weighted by molar-refractivity contribution is -0.129. The Hall–Kier alpha value is -1.50. The highest BCUT2D eigenvalue weighted by molar-refractivity contribution is 7.18. The maximum atomic E-state index is 12.2. The predicted molar refractivity (Wildman–Crippen MR) is 78.4 cm³/mol. The van der Waals surface area contributed by atoms with Crippen molar-refractivity contribution in [3.05, 3.63) is 29.3 Å². The van der Waals surface area contributed by atoms with Gasteiger partial charge in [-0.1, -0.05) is 12.1 Å². The third kappa shape index (κ3) is 2.67. The van der Waals surface area contributed by atoms with E-state index in [1.807, 2.05) is 24.3 Å². The van der Waals surface area contributed by atoms with Gasteiger partial charge in [-0.3, -0.25) is 4.79 Å². The second-order valence-electron chi connectivity index (χ2n) is 5.03. The fourth-order valence-electron chi connectivity index (χ4n) is 2.29. The Labute approximate surface area is 121 Å². The maximum Gasteiger partial charge on any atom is 0.240 e. The van der Waals surface area contributed by atoms with Gasteiger partial charge in [0, 0.05) is 13.2 Å². The van der Waals surface area contributed by atoms with E-state index in [-0.39, 0.29) is 5.91 Å². The molecule has 0 bridgehead atoms.